The molecule has 1 aromatic heterocycles. The Balaban J connectivity index is 1.82. The minimum atomic E-state index is -0.632. The average molecular weight is 479 g/mol. The average Bonchev–Trinajstić information content (AvgIpc) is 2.72. The molecule has 0 radical (unpaired) electrons. The third kappa shape index (κ3) is 4.86. The van der Waals surface area contributed by atoms with Gasteiger partial charge in [0, 0.05) is 30.7 Å². The third-order valence-corrected chi connectivity index (χ3v) is 5.77. The minimum absolute atomic E-state index is 0.0150. The van der Waals surface area contributed by atoms with E-state index in [0.717, 1.165) is 0 Å². The summed E-state index contributed by atoms with van der Waals surface area (Å²) in [6, 6.07) is 4.45. The summed E-state index contributed by atoms with van der Waals surface area (Å²) >= 11 is 12.1. The Labute approximate surface area is 196 Å². The first-order chi connectivity index (χ1) is 15.1. The van der Waals surface area contributed by atoms with Crippen LogP contribution in [0, 0.1) is 13.8 Å². The molecule has 32 heavy (non-hydrogen) atoms. The molecule has 1 aliphatic rings. The highest BCUT2D eigenvalue weighted by molar-refractivity contribution is 6.36. The number of carbonyl (C=O) groups excluding carboxylic acids is 3. The van der Waals surface area contributed by atoms with Crippen molar-refractivity contribution in [3.63, 3.8) is 0 Å². The standard InChI is InChI=1S/C22H24Cl2N4O4/c1-5-32-22(31)18-13(3)25-14(4)26-19(18)21(30)27-8-9-28(12(2)11-27)20(29)16-7-6-15(23)10-17(16)24/h6-7,10,12H,5,8-9,11H2,1-4H3. The van der Waals surface area contributed by atoms with Crippen LogP contribution in [-0.2, 0) is 4.74 Å². The molecule has 0 N–H and O–H groups in total. The molecular weight excluding hydrogens is 455 g/mol. The molecule has 1 saturated heterocycles. The van der Waals surface area contributed by atoms with Crippen molar-refractivity contribution in [3.05, 3.63) is 56.6 Å². The summed E-state index contributed by atoms with van der Waals surface area (Å²) in [6.07, 6.45) is 0. The molecule has 170 valence electrons. The van der Waals surface area contributed by atoms with Gasteiger partial charge < -0.3 is 14.5 Å². The topological polar surface area (TPSA) is 92.7 Å². The van der Waals surface area contributed by atoms with Crippen molar-refractivity contribution in [1.29, 1.82) is 0 Å². The number of halogens is 2. The molecule has 0 spiro atoms. The third-order valence-electron chi connectivity index (χ3n) is 5.22. The van der Waals surface area contributed by atoms with Gasteiger partial charge in [-0.15, -0.1) is 0 Å². The van der Waals surface area contributed by atoms with Crippen molar-refractivity contribution in [2.75, 3.05) is 26.2 Å². The van der Waals surface area contributed by atoms with Crippen molar-refractivity contribution in [1.82, 2.24) is 19.8 Å². The maximum atomic E-state index is 13.3. The molecule has 1 atom stereocenters. The van der Waals surface area contributed by atoms with Gasteiger partial charge in [-0.1, -0.05) is 23.2 Å². The Morgan fingerprint density at radius 3 is 2.47 bits per heavy atom. The summed E-state index contributed by atoms with van der Waals surface area (Å²) in [6.45, 7) is 7.89. The van der Waals surface area contributed by atoms with Gasteiger partial charge in [-0.2, -0.15) is 0 Å². The number of nitrogens with zero attached hydrogens (tertiary/aromatic N) is 4. The number of rotatable bonds is 4. The molecule has 0 bridgehead atoms. The van der Waals surface area contributed by atoms with Crippen LogP contribution in [0.1, 0.15) is 56.6 Å². The smallest absolute Gasteiger partial charge is 0.342 e. The first-order valence-corrected chi connectivity index (χ1v) is 11.0. The predicted molar refractivity (Wildman–Crippen MR) is 120 cm³/mol. The van der Waals surface area contributed by atoms with E-state index >= 15 is 0 Å². The first kappa shape index (κ1) is 23.9. The Morgan fingerprint density at radius 2 is 1.84 bits per heavy atom. The molecule has 1 aliphatic heterocycles. The highest BCUT2D eigenvalue weighted by Crippen LogP contribution is 2.25. The van der Waals surface area contributed by atoms with Crippen LogP contribution in [0.15, 0.2) is 18.2 Å². The summed E-state index contributed by atoms with van der Waals surface area (Å²) in [5, 5.41) is 0.724. The summed E-state index contributed by atoms with van der Waals surface area (Å²) in [5.74, 6) is -0.872. The van der Waals surface area contributed by atoms with E-state index in [4.69, 9.17) is 27.9 Å². The van der Waals surface area contributed by atoms with Crippen LogP contribution in [-0.4, -0.2) is 69.8 Å². The van der Waals surface area contributed by atoms with Crippen LogP contribution in [0.5, 0.6) is 0 Å². The van der Waals surface area contributed by atoms with Crippen molar-refractivity contribution >= 4 is 41.0 Å². The Bertz CT molecular complexity index is 1080. The monoisotopic (exact) mass is 478 g/mol. The molecule has 8 nitrogen and oxygen atoms in total. The van der Waals surface area contributed by atoms with Crippen LogP contribution in [0.2, 0.25) is 10.0 Å². The number of amides is 2. The van der Waals surface area contributed by atoms with E-state index in [1.807, 2.05) is 6.92 Å². The molecule has 2 amide bonds. The molecule has 2 aromatic rings. The van der Waals surface area contributed by atoms with E-state index in [1.54, 1.807) is 42.7 Å². The van der Waals surface area contributed by atoms with Crippen LogP contribution < -0.4 is 0 Å². The van der Waals surface area contributed by atoms with E-state index in [0.29, 0.717) is 28.6 Å². The van der Waals surface area contributed by atoms with Crippen molar-refractivity contribution < 1.29 is 19.1 Å². The van der Waals surface area contributed by atoms with Crippen LogP contribution in [0.3, 0.4) is 0 Å². The summed E-state index contributed by atoms with van der Waals surface area (Å²) in [4.78, 5) is 50.5. The molecule has 1 unspecified atom stereocenters. The SMILES string of the molecule is CCOC(=O)c1c(C)nc(C)nc1C(=O)N1CCN(C(=O)c2ccc(Cl)cc2Cl)C(C)C1. The molecule has 3 rings (SSSR count). The largest absolute Gasteiger partial charge is 0.462 e. The summed E-state index contributed by atoms with van der Waals surface area (Å²) < 4.78 is 5.10. The van der Waals surface area contributed by atoms with E-state index < -0.39 is 11.9 Å². The molecule has 0 aliphatic carbocycles. The first-order valence-electron chi connectivity index (χ1n) is 10.2. The Morgan fingerprint density at radius 1 is 1.12 bits per heavy atom. The second-order valence-corrected chi connectivity index (χ2v) is 8.37. The lowest BCUT2D eigenvalue weighted by molar-refractivity contribution is 0.0406. The molecule has 0 saturated carbocycles. The maximum absolute atomic E-state index is 13.3. The van der Waals surface area contributed by atoms with Gasteiger partial charge in [-0.3, -0.25) is 9.59 Å². The number of carbonyl (C=O) groups is 3. The van der Waals surface area contributed by atoms with Gasteiger partial charge in [0.05, 0.1) is 22.9 Å². The fourth-order valence-electron chi connectivity index (χ4n) is 3.73. The number of esters is 1. The lowest BCUT2D eigenvalue weighted by Gasteiger charge is -2.40. The number of hydrogen-bond acceptors (Lipinski definition) is 6. The van der Waals surface area contributed by atoms with E-state index in [-0.39, 0.29) is 47.9 Å². The number of piperazine rings is 1. The van der Waals surface area contributed by atoms with Crippen molar-refractivity contribution in [2.45, 2.75) is 33.7 Å². The quantitative estimate of drug-likeness (QED) is 0.623. The lowest BCUT2D eigenvalue weighted by Crippen LogP contribution is -2.55. The van der Waals surface area contributed by atoms with Gasteiger partial charge in [-0.25, -0.2) is 14.8 Å². The second-order valence-electron chi connectivity index (χ2n) is 7.52. The highest BCUT2D eigenvalue weighted by atomic mass is 35.5. The van der Waals surface area contributed by atoms with Crippen LogP contribution in [0.4, 0.5) is 0 Å². The zero-order valence-electron chi connectivity index (χ0n) is 18.3. The Hall–Kier alpha value is -2.71. The van der Waals surface area contributed by atoms with Crippen molar-refractivity contribution in [3.8, 4) is 0 Å². The fourth-order valence-corrected chi connectivity index (χ4v) is 4.22. The van der Waals surface area contributed by atoms with Gasteiger partial charge in [-0.05, 0) is 45.9 Å². The van der Waals surface area contributed by atoms with E-state index in [9.17, 15) is 14.4 Å². The van der Waals surface area contributed by atoms with E-state index in [1.165, 1.54) is 6.07 Å². The number of aromatic nitrogens is 2. The lowest BCUT2D eigenvalue weighted by atomic mass is 10.1. The van der Waals surface area contributed by atoms with Gasteiger partial charge >= 0.3 is 5.97 Å². The van der Waals surface area contributed by atoms with Gasteiger partial charge in [0.15, 0.2) is 0 Å². The summed E-state index contributed by atoms with van der Waals surface area (Å²) in [7, 11) is 0. The predicted octanol–water partition coefficient (Wildman–Crippen LogP) is 3.56. The van der Waals surface area contributed by atoms with Crippen LogP contribution in [0.25, 0.3) is 0 Å². The number of aryl methyl sites for hydroxylation is 2. The maximum Gasteiger partial charge on any atom is 0.342 e. The number of benzene rings is 1. The number of hydrogen-bond donors (Lipinski definition) is 0. The van der Waals surface area contributed by atoms with Gasteiger partial charge in [0.1, 0.15) is 17.1 Å². The van der Waals surface area contributed by atoms with Crippen LogP contribution >= 0.6 is 23.2 Å². The zero-order chi connectivity index (χ0) is 23.6. The normalized spacial score (nSPS) is 16.1. The Kier molecular flexibility index (Phi) is 7.36. The molecular formula is C22H24Cl2N4O4. The molecule has 10 heteroatoms. The number of ether oxygens (including phenoxy) is 1. The van der Waals surface area contributed by atoms with Gasteiger partial charge in [0.25, 0.3) is 11.8 Å². The highest BCUT2D eigenvalue weighted by Gasteiger charge is 2.34. The molecule has 1 aromatic carbocycles. The minimum Gasteiger partial charge on any atom is -0.462 e. The zero-order valence-corrected chi connectivity index (χ0v) is 19.8. The summed E-state index contributed by atoms with van der Waals surface area (Å²) in [5.41, 5.74) is 0.829. The second kappa shape index (κ2) is 9.83. The molecule has 1 fully saturated rings. The van der Waals surface area contributed by atoms with E-state index in [2.05, 4.69) is 9.97 Å². The van der Waals surface area contributed by atoms with Gasteiger partial charge in [0.2, 0.25) is 0 Å². The fraction of sp³-hybridized carbons (Fsp3) is 0.409. The molecule has 2 heterocycles. The van der Waals surface area contributed by atoms with Crippen molar-refractivity contribution in [2.24, 2.45) is 0 Å².